The Morgan fingerprint density at radius 3 is 2.45 bits per heavy atom. The highest BCUT2D eigenvalue weighted by Crippen LogP contribution is 2.24. The topological polar surface area (TPSA) is 61.3 Å². The van der Waals surface area contributed by atoms with Crippen LogP contribution in [0, 0.1) is 6.92 Å². The van der Waals surface area contributed by atoms with Crippen molar-refractivity contribution in [2.75, 3.05) is 42.5 Å². The minimum Gasteiger partial charge on any atom is -0.337 e. The second-order valence-corrected chi connectivity index (χ2v) is 8.65. The zero-order valence-corrected chi connectivity index (χ0v) is 17.5. The van der Waals surface area contributed by atoms with Crippen LogP contribution in [0.15, 0.2) is 36.1 Å². The molecule has 0 aliphatic carbocycles. The number of nitrogens with zero attached hydrogens (tertiary/aromatic N) is 7. The molecule has 0 aromatic carbocycles. The zero-order valence-electron chi connectivity index (χ0n) is 16.7. The van der Waals surface area contributed by atoms with Crippen LogP contribution in [0.5, 0.6) is 0 Å². The van der Waals surface area contributed by atoms with Gasteiger partial charge in [-0.15, -0.1) is 11.3 Å². The van der Waals surface area contributed by atoms with Crippen molar-refractivity contribution in [1.29, 1.82) is 0 Å². The lowest BCUT2D eigenvalue weighted by molar-refractivity contribution is 0.244. The maximum Gasteiger partial charge on any atom is 0.225 e. The molecule has 8 heteroatoms. The minimum absolute atomic E-state index is 0.805. The normalized spacial score (nSPS) is 17.4. The molecule has 5 rings (SSSR count). The summed E-state index contributed by atoms with van der Waals surface area (Å²) in [5.41, 5.74) is 3.88. The van der Waals surface area contributed by atoms with E-state index in [1.54, 1.807) is 12.4 Å². The lowest BCUT2D eigenvalue weighted by Gasteiger charge is -2.35. The third-order valence-electron chi connectivity index (χ3n) is 5.73. The van der Waals surface area contributed by atoms with E-state index in [1.165, 1.54) is 21.7 Å². The van der Waals surface area contributed by atoms with Crippen LogP contribution in [0.1, 0.15) is 21.7 Å². The summed E-state index contributed by atoms with van der Waals surface area (Å²) in [5, 5.41) is 2.18. The fourth-order valence-electron chi connectivity index (χ4n) is 3.98. The van der Waals surface area contributed by atoms with E-state index in [0.717, 1.165) is 64.1 Å². The van der Waals surface area contributed by atoms with Crippen molar-refractivity contribution >= 4 is 23.2 Å². The van der Waals surface area contributed by atoms with Crippen molar-refractivity contribution in [3.8, 4) is 0 Å². The summed E-state index contributed by atoms with van der Waals surface area (Å²) in [6.07, 6.45) is 6.62. The van der Waals surface area contributed by atoms with Crippen molar-refractivity contribution in [3.05, 3.63) is 57.8 Å². The Balaban J connectivity index is 1.22. The molecule has 0 bridgehead atoms. The summed E-state index contributed by atoms with van der Waals surface area (Å²) in [7, 11) is 0. The lowest BCUT2D eigenvalue weighted by Crippen LogP contribution is -2.47. The number of hydrogen-bond acceptors (Lipinski definition) is 8. The predicted octanol–water partition coefficient (Wildman–Crippen LogP) is 2.52. The van der Waals surface area contributed by atoms with E-state index in [0.29, 0.717) is 0 Å². The molecule has 0 atom stereocenters. The van der Waals surface area contributed by atoms with E-state index < -0.39 is 0 Å². The second kappa shape index (κ2) is 8.04. The van der Waals surface area contributed by atoms with E-state index in [9.17, 15) is 0 Å². The highest BCUT2D eigenvalue weighted by atomic mass is 32.1. The van der Waals surface area contributed by atoms with Gasteiger partial charge < -0.3 is 9.80 Å². The average molecular weight is 408 g/mol. The lowest BCUT2D eigenvalue weighted by atomic mass is 10.1. The molecule has 3 aromatic rings. The summed E-state index contributed by atoms with van der Waals surface area (Å²) in [4.78, 5) is 26.8. The number of thiophene rings is 1. The SMILES string of the molecule is Cc1ccsc1CN1CCc2nc(N3CCN(c4ncccn4)CC3)ncc2C1. The van der Waals surface area contributed by atoms with Crippen molar-refractivity contribution in [2.24, 2.45) is 0 Å². The number of aromatic nitrogens is 4. The van der Waals surface area contributed by atoms with Gasteiger partial charge in [-0.05, 0) is 30.0 Å². The summed E-state index contributed by atoms with van der Waals surface area (Å²) in [6.45, 7) is 8.77. The number of hydrogen-bond donors (Lipinski definition) is 0. The number of piperazine rings is 1. The zero-order chi connectivity index (χ0) is 19.6. The average Bonchev–Trinajstić information content (AvgIpc) is 3.18. The van der Waals surface area contributed by atoms with Gasteiger partial charge in [0.05, 0.1) is 5.69 Å². The Kier molecular flexibility index (Phi) is 5.12. The van der Waals surface area contributed by atoms with Crippen LogP contribution >= 0.6 is 11.3 Å². The van der Waals surface area contributed by atoms with Crippen molar-refractivity contribution in [1.82, 2.24) is 24.8 Å². The summed E-state index contributed by atoms with van der Waals surface area (Å²) < 4.78 is 0. The first-order valence-corrected chi connectivity index (χ1v) is 11.0. The molecule has 2 aliphatic heterocycles. The second-order valence-electron chi connectivity index (χ2n) is 7.65. The molecule has 150 valence electrons. The Labute approximate surface area is 175 Å². The molecular weight excluding hydrogens is 382 g/mol. The van der Waals surface area contributed by atoms with Gasteiger partial charge in [0.1, 0.15) is 0 Å². The van der Waals surface area contributed by atoms with E-state index in [1.807, 2.05) is 23.6 Å². The maximum atomic E-state index is 4.92. The summed E-state index contributed by atoms with van der Waals surface area (Å²) in [6, 6.07) is 4.06. The van der Waals surface area contributed by atoms with Gasteiger partial charge in [0.25, 0.3) is 0 Å². The van der Waals surface area contributed by atoms with Crippen molar-refractivity contribution in [2.45, 2.75) is 26.4 Å². The van der Waals surface area contributed by atoms with Crippen LogP contribution in [0.4, 0.5) is 11.9 Å². The highest BCUT2D eigenvalue weighted by Gasteiger charge is 2.23. The van der Waals surface area contributed by atoms with Crippen LogP contribution in [0.25, 0.3) is 0 Å². The number of aryl methyl sites for hydroxylation is 1. The Hall–Kier alpha value is -2.58. The first-order valence-electron chi connectivity index (χ1n) is 10.1. The third-order valence-corrected chi connectivity index (χ3v) is 6.74. The van der Waals surface area contributed by atoms with Gasteiger partial charge in [0, 0.05) is 81.3 Å². The Bertz CT molecular complexity index is 966. The van der Waals surface area contributed by atoms with Crippen LogP contribution in [0.2, 0.25) is 0 Å². The molecule has 5 heterocycles. The molecular formula is C21H25N7S. The molecule has 1 fully saturated rings. The summed E-state index contributed by atoms with van der Waals surface area (Å²) in [5.74, 6) is 1.67. The molecule has 29 heavy (non-hydrogen) atoms. The standard InChI is InChI=1S/C21H25N7S/c1-16-4-12-29-19(16)15-26-7-3-18-17(14-26)13-24-21(25-18)28-10-8-27(9-11-28)20-22-5-2-6-23-20/h2,4-6,12-13H,3,7-11,14-15H2,1H3. The smallest absolute Gasteiger partial charge is 0.225 e. The molecule has 0 spiro atoms. The van der Waals surface area contributed by atoms with Crippen LogP contribution in [-0.4, -0.2) is 57.6 Å². The highest BCUT2D eigenvalue weighted by molar-refractivity contribution is 7.10. The fourth-order valence-corrected chi connectivity index (χ4v) is 4.93. The molecule has 1 saturated heterocycles. The van der Waals surface area contributed by atoms with Crippen LogP contribution in [0.3, 0.4) is 0 Å². The molecule has 0 saturated carbocycles. The quantitative estimate of drug-likeness (QED) is 0.659. The Morgan fingerprint density at radius 2 is 1.72 bits per heavy atom. The molecule has 0 unspecified atom stereocenters. The van der Waals surface area contributed by atoms with Crippen molar-refractivity contribution < 1.29 is 0 Å². The largest absolute Gasteiger partial charge is 0.337 e. The molecule has 2 aliphatic rings. The fraction of sp³-hybridized carbons (Fsp3) is 0.429. The molecule has 3 aromatic heterocycles. The minimum atomic E-state index is 0.805. The van der Waals surface area contributed by atoms with Gasteiger partial charge in [0.15, 0.2) is 0 Å². The first-order chi connectivity index (χ1) is 14.3. The summed E-state index contributed by atoms with van der Waals surface area (Å²) >= 11 is 1.85. The number of anilines is 2. The monoisotopic (exact) mass is 407 g/mol. The van der Waals surface area contributed by atoms with E-state index >= 15 is 0 Å². The maximum absolute atomic E-state index is 4.92. The van der Waals surface area contributed by atoms with E-state index in [-0.39, 0.29) is 0 Å². The molecule has 7 nitrogen and oxygen atoms in total. The predicted molar refractivity (Wildman–Crippen MR) is 115 cm³/mol. The van der Waals surface area contributed by atoms with E-state index in [4.69, 9.17) is 9.97 Å². The van der Waals surface area contributed by atoms with Gasteiger partial charge in [-0.3, -0.25) is 4.90 Å². The molecule has 0 radical (unpaired) electrons. The van der Waals surface area contributed by atoms with Gasteiger partial charge in [-0.1, -0.05) is 0 Å². The third kappa shape index (κ3) is 3.95. The van der Waals surface area contributed by atoms with Crippen LogP contribution in [-0.2, 0) is 19.5 Å². The van der Waals surface area contributed by atoms with Crippen LogP contribution < -0.4 is 9.80 Å². The van der Waals surface area contributed by atoms with Gasteiger partial charge in [-0.2, -0.15) is 0 Å². The van der Waals surface area contributed by atoms with Gasteiger partial charge in [-0.25, -0.2) is 19.9 Å². The molecule has 0 N–H and O–H groups in total. The number of rotatable bonds is 4. The number of fused-ring (bicyclic) bond motifs is 1. The van der Waals surface area contributed by atoms with Gasteiger partial charge in [0.2, 0.25) is 11.9 Å². The van der Waals surface area contributed by atoms with Gasteiger partial charge >= 0.3 is 0 Å². The van der Waals surface area contributed by atoms with E-state index in [2.05, 4.69) is 43.0 Å². The van der Waals surface area contributed by atoms with Crippen molar-refractivity contribution in [3.63, 3.8) is 0 Å². The first kappa shape index (κ1) is 18.4. The molecule has 0 amide bonds. The Morgan fingerprint density at radius 1 is 0.966 bits per heavy atom.